The van der Waals surface area contributed by atoms with Gasteiger partial charge in [-0.2, -0.15) is 0 Å². The van der Waals surface area contributed by atoms with E-state index in [2.05, 4.69) is 9.97 Å². The molecule has 0 spiro atoms. The highest BCUT2D eigenvalue weighted by atomic mass is 35.5. The summed E-state index contributed by atoms with van der Waals surface area (Å²) < 4.78 is 5.21. The Balaban J connectivity index is 2.89. The maximum Gasteiger partial charge on any atom is 0.225 e. The lowest BCUT2D eigenvalue weighted by atomic mass is 10.1. The van der Waals surface area contributed by atoms with Gasteiger partial charge in [0.2, 0.25) is 5.28 Å². The molecule has 0 saturated carbocycles. The lowest BCUT2D eigenvalue weighted by molar-refractivity contribution is 0.418. The fourth-order valence-corrected chi connectivity index (χ4v) is 1.66. The Morgan fingerprint density at radius 2 is 2.07 bits per heavy atom. The number of fused-ring (bicyclic) bond motifs is 1. The maximum absolute atomic E-state index is 5.76. The van der Waals surface area contributed by atoms with Crippen LogP contribution in [0.3, 0.4) is 0 Å². The van der Waals surface area contributed by atoms with Gasteiger partial charge in [0, 0.05) is 5.39 Å². The summed E-state index contributed by atoms with van der Waals surface area (Å²) in [6.07, 6.45) is 0. The summed E-state index contributed by atoms with van der Waals surface area (Å²) in [5, 5.41) is 0.887. The molecule has 2 N–H and O–H groups in total. The van der Waals surface area contributed by atoms with Gasteiger partial charge >= 0.3 is 0 Å². The number of methoxy groups -OCH3 is 1. The molecule has 0 amide bonds. The van der Waals surface area contributed by atoms with Gasteiger partial charge in [0.25, 0.3) is 0 Å². The summed E-state index contributed by atoms with van der Waals surface area (Å²) in [4.78, 5) is 7.99. The molecule has 1 aromatic heterocycles. The largest absolute Gasteiger partial charge is 0.494 e. The molecule has 0 aliphatic rings. The van der Waals surface area contributed by atoms with Crippen LogP contribution in [0.2, 0.25) is 5.28 Å². The molecule has 0 fully saturated rings. The Hall–Kier alpha value is -1.55. The second-order valence-electron chi connectivity index (χ2n) is 3.24. The van der Waals surface area contributed by atoms with E-state index >= 15 is 0 Å². The molecule has 2 rings (SSSR count). The van der Waals surface area contributed by atoms with Crippen molar-refractivity contribution < 1.29 is 4.74 Å². The summed E-state index contributed by atoms with van der Waals surface area (Å²) in [6.45, 7) is 1.95. The van der Waals surface area contributed by atoms with Crippen LogP contribution in [0.15, 0.2) is 12.1 Å². The molecular weight excluding hydrogens is 214 g/mol. The predicted molar refractivity (Wildman–Crippen MR) is 60.2 cm³/mol. The van der Waals surface area contributed by atoms with E-state index in [4.69, 9.17) is 22.1 Å². The van der Waals surface area contributed by atoms with Crippen molar-refractivity contribution in [2.75, 3.05) is 12.8 Å². The molecule has 0 aliphatic heterocycles. The molecule has 2 aromatic rings. The van der Waals surface area contributed by atoms with Crippen LogP contribution in [0.4, 0.5) is 5.82 Å². The summed E-state index contributed by atoms with van der Waals surface area (Å²) in [7, 11) is 1.58. The monoisotopic (exact) mass is 223 g/mol. The molecule has 0 bridgehead atoms. The van der Waals surface area contributed by atoms with Crippen LogP contribution >= 0.6 is 11.6 Å². The first-order valence-corrected chi connectivity index (χ1v) is 4.77. The van der Waals surface area contributed by atoms with E-state index in [9.17, 15) is 0 Å². The number of nitrogen functional groups attached to an aromatic ring is 1. The number of hydrogen-bond acceptors (Lipinski definition) is 4. The molecule has 78 valence electrons. The van der Waals surface area contributed by atoms with Crippen molar-refractivity contribution in [1.82, 2.24) is 9.97 Å². The normalized spacial score (nSPS) is 10.6. The van der Waals surface area contributed by atoms with E-state index in [1.54, 1.807) is 7.11 Å². The van der Waals surface area contributed by atoms with Crippen LogP contribution < -0.4 is 10.5 Å². The number of hydrogen-bond donors (Lipinski definition) is 1. The van der Waals surface area contributed by atoms with Crippen molar-refractivity contribution in [3.63, 3.8) is 0 Å². The number of nitrogens with zero attached hydrogens (tertiary/aromatic N) is 2. The van der Waals surface area contributed by atoms with Gasteiger partial charge in [-0.1, -0.05) is 0 Å². The molecule has 0 atom stereocenters. The SMILES string of the molecule is COc1cc(C)cc2c(N)nc(Cl)nc12. The van der Waals surface area contributed by atoms with Crippen molar-refractivity contribution >= 4 is 28.3 Å². The lowest BCUT2D eigenvalue weighted by Crippen LogP contribution is -1.97. The third-order valence-corrected chi connectivity index (χ3v) is 2.30. The zero-order valence-corrected chi connectivity index (χ0v) is 9.17. The maximum atomic E-state index is 5.76. The second-order valence-corrected chi connectivity index (χ2v) is 3.58. The number of anilines is 1. The van der Waals surface area contributed by atoms with Crippen molar-refractivity contribution in [1.29, 1.82) is 0 Å². The molecule has 0 aliphatic carbocycles. The van der Waals surface area contributed by atoms with E-state index in [-0.39, 0.29) is 5.28 Å². The van der Waals surface area contributed by atoms with E-state index < -0.39 is 0 Å². The number of aryl methyl sites for hydroxylation is 1. The first-order chi connectivity index (χ1) is 7.11. The molecule has 1 heterocycles. The first-order valence-electron chi connectivity index (χ1n) is 4.39. The number of aromatic nitrogens is 2. The van der Waals surface area contributed by atoms with Crippen LogP contribution in [0, 0.1) is 6.92 Å². The molecule has 1 aromatic carbocycles. The van der Waals surface area contributed by atoms with Gasteiger partial charge in [-0.05, 0) is 36.2 Å². The van der Waals surface area contributed by atoms with Crippen molar-refractivity contribution in [3.05, 3.63) is 23.0 Å². The average Bonchev–Trinajstić information content (AvgIpc) is 2.18. The zero-order chi connectivity index (χ0) is 11.0. The van der Waals surface area contributed by atoms with E-state index in [1.165, 1.54) is 0 Å². The lowest BCUT2D eigenvalue weighted by Gasteiger charge is -2.07. The van der Waals surface area contributed by atoms with Crippen molar-refractivity contribution in [2.45, 2.75) is 6.92 Å². The quantitative estimate of drug-likeness (QED) is 0.753. The van der Waals surface area contributed by atoms with Gasteiger partial charge in [-0.3, -0.25) is 0 Å². The standard InChI is InChI=1S/C10H10ClN3O/c1-5-3-6-8(7(4-5)15-2)13-10(11)14-9(6)12/h3-4H,1-2H3,(H2,12,13,14). The van der Waals surface area contributed by atoms with Gasteiger partial charge in [0.15, 0.2) is 0 Å². The third-order valence-electron chi connectivity index (χ3n) is 2.13. The topological polar surface area (TPSA) is 61.0 Å². The fourth-order valence-electron chi connectivity index (χ4n) is 1.49. The molecule has 4 nitrogen and oxygen atoms in total. The number of ether oxygens (including phenoxy) is 1. The van der Waals surface area contributed by atoms with E-state index in [0.717, 1.165) is 10.9 Å². The highest BCUT2D eigenvalue weighted by Crippen LogP contribution is 2.29. The third kappa shape index (κ3) is 1.68. The van der Waals surface area contributed by atoms with Crippen molar-refractivity contribution in [3.8, 4) is 5.75 Å². The van der Waals surface area contributed by atoms with Crippen molar-refractivity contribution in [2.24, 2.45) is 0 Å². The zero-order valence-electron chi connectivity index (χ0n) is 8.41. The average molecular weight is 224 g/mol. The Morgan fingerprint density at radius 1 is 1.33 bits per heavy atom. The van der Waals surface area contributed by atoms with E-state index in [1.807, 2.05) is 19.1 Å². The number of nitrogens with two attached hydrogens (primary N) is 1. The second kappa shape index (κ2) is 3.55. The van der Waals surface area contributed by atoms with E-state index in [0.29, 0.717) is 17.1 Å². The Kier molecular flexibility index (Phi) is 2.36. The highest BCUT2D eigenvalue weighted by Gasteiger charge is 2.09. The minimum atomic E-state index is 0.127. The minimum Gasteiger partial charge on any atom is -0.494 e. The van der Waals surface area contributed by atoms with Crippen LogP contribution in [0.25, 0.3) is 10.9 Å². The molecule has 0 saturated heterocycles. The summed E-state index contributed by atoms with van der Waals surface area (Å²) >= 11 is 5.73. The Bertz CT molecular complexity index is 528. The predicted octanol–water partition coefficient (Wildman–Crippen LogP) is 2.18. The number of halogens is 1. The Labute approximate surface area is 92.0 Å². The fraction of sp³-hybridized carbons (Fsp3) is 0.200. The van der Waals surface area contributed by atoms with Crippen LogP contribution in [-0.2, 0) is 0 Å². The Morgan fingerprint density at radius 3 is 2.73 bits per heavy atom. The molecule has 15 heavy (non-hydrogen) atoms. The molecule has 0 unspecified atom stereocenters. The highest BCUT2D eigenvalue weighted by molar-refractivity contribution is 6.28. The summed E-state index contributed by atoms with van der Waals surface area (Å²) in [6, 6.07) is 3.79. The number of rotatable bonds is 1. The molecule has 0 radical (unpaired) electrons. The smallest absolute Gasteiger partial charge is 0.225 e. The van der Waals surface area contributed by atoms with Crippen LogP contribution in [-0.4, -0.2) is 17.1 Å². The summed E-state index contributed by atoms with van der Waals surface area (Å²) in [5.41, 5.74) is 7.44. The first kappa shape index (κ1) is 9.98. The summed E-state index contributed by atoms with van der Waals surface area (Å²) in [5.74, 6) is 1.02. The molecule has 5 heteroatoms. The van der Waals surface area contributed by atoms with Crippen LogP contribution in [0.5, 0.6) is 5.75 Å². The van der Waals surface area contributed by atoms with Gasteiger partial charge in [-0.15, -0.1) is 0 Å². The molecular formula is C10H10ClN3O. The van der Waals surface area contributed by atoms with Gasteiger partial charge in [0.1, 0.15) is 17.1 Å². The number of benzene rings is 1. The van der Waals surface area contributed by atoms with Gasteiger partial charge in [-0.25, -0.2) is 9.97 Å². The van der Waals surface area contributed by atoms with Gasteiger partial charge in [0.05, 0.1) is 7.11 Å². The minimum absolute atomic E-state index is 0.127. The van der Waals surface area contributed by atoms with Crippen LogP contribution in [0.1, 0.15) is 5.56 Å². The van der Waals surface area contributed by atoms with Gasteiger partial charge < -0.3 is 10.5 Å².